The lowest BCUT2D eigenvalue weighted by Gasteiger charge is -2.25. The Morgan fingerprint density at radius 2 is 2.21 bits per heavy atom. The number of nitrogens with two attached hydrogens (primary N) is 1. The van der Waals surface area contributed by atoms with Crippen LogP contribution in [0.3, 0.4) is 0 Å². The van der Waals surface area contributed by atoms with Gasteiger partial charge in [0.2, 0.25) is 0 Å². The molecule has 0 aliphatic rings. The van der Waals surface area contributed by atoms with Crippen LogP contribution in [0.25, 0.3) is 0 Å². The van der Waals surface area contributed by atoms with Crippen molar-refractivity contribution in [3.63, 3.8) is 0 Å². The molecule has 19 heavy (non-hydrogen) atoms. The van der Waals surface area contributed by atoms with Crippen molar-refractivity contribution in [3.05, 3.63) is 36.2 Å². The monoisotopic (exact) mass is 260 g/mol. The highest BCUT2D eigenvalue weighted by Crippen LogP contribution is 2.24. The number of aromatic hydroxyl groups is 1. The molecule has 1 aromatic heterocycles. The van der Waals surface area contributed by atoms with E-state index in [0.29, 0.717) is 11.4 Å². The number of hydrogen-bond donors (Lipinski definition) is 2. The summed E-state index contributed by atoms with van der Waals surface area (Å²) in [6.45, 7) is 6.60. The molecule has 0 amide bonds. The quantitative estimate of drug-likeness (QED) is 0.863. The van der Waals surface area contributed by atoms with Gasteiger partial charge in [-0.3, -0.25) is 4.68 Å². The van der Waals surface area contributed by atoms with E-state index in [1.165, 1.54) is 0 Å². The lowest BCUT2D eigenvalue weighted by Crippen LogP contribution is -2.27. The number of rotatable bonds is 5. The fourth-order valence-corrected chi connectivity index (χ4v) is 2.11. The molecule has 1 heterocycles. The molecule has 0 fully saturated rings. The van der Waals surface area contributed by atoms with Crippen LogP contribution in [-0.4, -0.2) is 28.0 Å². The number of benzene rings is 1. The average molecular weight is 260 g/mol. The zero-order valence-electron chi connectivity index (χ0n) is 11.4. The van der Waals surface area contributed by atoms with E-state index in [0.717, 1.165) is 30.9 Å². The molecule has 0 atom stereocenters. The van der Waals surface area contributed by atoms with Crippen LogP contribution in [0.4, 0.5) is 11.4 Å². The van der Waals surface area contributed by atoms with E-state index in [-0.39, 0.29) is 0 Å². The number of aromatic nitrogens is 2. The maximum atomic E-state index is 9.61. The molecule has 0 aliphatic carbocycles. The third-order valence-corrected chi connectivity index (χ3v) is 3.17. The highest BCUT2D eigenvalue weighted by atomic mass is 16.3. The molecule has 102 valence electrons. The Bertz CT molecular complexity index is 550. The molecule has 3 N–H and O–H groups in total. The summed E-state index contributed by atoms with van der Waals surface area (Å²) >= 11 is 0. The van der Waals surface area contributed by atoms with Gasteiger partial charge in [0.1, 0.15) is 5.75 Å². The van der Waals surface area contributed by atoms with Crippen molar-refractivity contribution in [2.75, 3.05) is 23.7 Å². The fourth-order valence-electron chi connectivity index (χ4n) is 2.11. The minimum absolute atomic E-state index is 0.294. The van der Waals surface area contributed by atoms with Gasteiger partial charge in [0.05, 0.1) is 18.4 Å². The normalized spacial score (nSPS) is 10.6. The largest absolute Gasteiger partial charge is 0.508 e. The topological polar surface area (TPSA) is 67.3 Å². The minimum atomic E-state index is 0.294. The predicted molar refractivity (Wildman–Crippen MR) is 77.4 cm³/mol. The van der Waals surface area contributed by atoms with Gasteiger partial charge < -0.3 is 15.7 Å². The van der Waals surface area contributed by atoms with Crippen LogP contribution in [0.1, 0.15) is 12.5 Å². The third kappa shape index (κ3) is 3.19. The lowest BCUT2D eigenvalue weighted by molar-refractivity contribution is 0.475. The first-order valence-electron chi connectivity index (χ1n) is 6.42. The summed E-state index contributed by atoms with van der Waals surface area (Å²) in [5.74, 6) is 0.294. The maximum absolute atomic E-state index is 9.61. The van der Waals surface area contributed by atoms with Gasteiger partial charge in [-0.15, -0.1) is 0 Å². The summed E-state index contributed by atoms with van der Waals surface area (Å²) < 4.78 is 1.83. The number of phenols is 1. The average Bonchev–Trinajstić information content (AvgIpc) is 2.80. The molecule has 2 aromatic rings. The number of nitrogens with zero attached hydrogens (tertiary/aromatic N) is 3. The summed E-state index contributed by atoms with van der Waals surface area (Å²) in [6.07, 6.45) is 3.47. The van der Waals surface area contributed by atoms with Crippen molar-refractivity contribution in [2.24, 2.45) is 0 Å². The van der Waals surface area contributed by atoms with Crippen LogP contribution < -0.4 is 10.6 Å². The molecule has 0 saturated heterocycles. The molecular weight excluding hydrogens is 240 g/mol. The third-order valence-electron chi connectivity index (χ3n) is 3.17. The van der Waals surface area contributed by atoms with Crippen molar-refractivity contribution in [1.82, 2.24) is 9.78 Å². The van der Waals surface area contributed by atoms with Crippen LogP contribution in [0.15, 0.2) is 30.6 Å². The van der Waals surface area contributed by atoms with Crippen LogP contribution >= 0.6 is 0 Å². The SMILES string of the molecule is CCN(CCn1cc(N)cn1)c1cc(O)ccc1C. The molecule has 0 unspecified atom stereocenters. The van der Waals surface area contributed by atoms with E-state index in [9.17, 15) is 5.11 Å². The zero-order valence-corrected chi connectivity index (χ0v) is 11.4. The second kappa shape index (κ2) is 5.65. The summed E-state index contributed by atoms with van der Waals surface area (Å²) in [7, 11) is 0. The molecule has 0 spiro atoms. The van der Waals surface area contributed by atoms with Gasteiger partial charge in [-0.05, 0) is 25.5 Å². The van der Waals surface area contributed by atoms with Crippen molar-refractivity contribution in [2.45, 2.75) is 20.4 Å². The molecule has 5 heteroatoms. The van der Waals surface area contributed by atoms with E-state index in [1.54, 1.807) is 18.3 Å². The second-order valence-corrected chi connectivity index (χ2v) is 4.59. The van der Waals surface area contributed by atoms with E-state index in [1.807, 2.05) is 23.9 Å². The Hall–Kier alpha value is -2.17. The fraction of sp³-hybridized carbons (Fsp3) is 0.357. The number of phenolic OH excluding ortho intramolecular Hbond substituents is 1. The van der Waals surface area contributed by atoms with Crippen LogP contribution in [-0.2, 0) is 6.54 Å². The highest BCUT2D eigenvalue weighted by Gasteiger charge is 2.08. The molecule has 0 radical (unpaired) electrons. The van der Waals surface area contributed by atoms with E-state index >= 15 is 0 Å². The maximum Gasteiger partial charge on any atom is 0.117 e. The minimum Gasteiger partial charge on any atom is -0.508 e. The number of likely N-dealkylation sites (N-methyl/N-ethyl adjacent to an activating group) is 1. The van der Waals surface area contributed by atoms with Gasteiger partial charge in [0.15, 0.2) is 0 Å². The van der Waals surface area contributed by atoms with Crippen LogP contribution in [0, 0.1) is 6.92 Å². The summed E-state index contributed by atoms with van der Waals surface area (Å²) in [6, 6.07) is 5.44. The molecule has 1 aromatic carbocycles. The predicted octanol–water partition coefficient (Wildman–Crippen LogP) is 2.01. The molecule has 2 rings (SSSR count). The Kier molecular flexibility index (Phi) is 3.94. The van der Waals surface area contributed by atoms with Crippen molar-refractivity contribution in [1.29, 1.82) is 0 Å². The van der Waals surface area contributed by atoms with Crippen molar-refractivity contribution in [3.8, 4) is 5.75 Å². The second-order valence-electron chi connectivity index (χ2n) is 4.59. The van der Waals surface area contributed by atoms with Crippen LogP contribution in [0.5, 0.6) is 5.75 Å². The van der Waals surface area contributed by atoms with Gasteiger partial charge in [0, 0.05) is 31.0 Å². The molecule has 5 nitrogen and oxygen atoms in total. The molecule has 0 aliphatic heterocycles. The van der Waals surface area contributed by atoms with Crippen molar-refractivity contribution >= 4 is 11.4 Å². The van der Waals surface area contributed by atoms with Crippen molar-refractivity contribution < 1.29 is 5.11 Å². The first-order chi connectivity index (χ1) is 9.10. The van der Waals surface area contributed by atoms with Gasteiger partial charge >= 0.3 is 0 Å². The van der Waals surface area contributed by atoms with Crippen LogP contribution in [0.2, 0.25) is 0 Å². The van der Waals surface area contributed by atoms with E-state index < -0.39 is 0 Å². The zero-order chi connectivity index (χ0) is 13.8. The van der Waals surface area contributed by atoms with Gasteiger partial charge in [-0.2, -0.15) is 5.10 Å². The smallest absolute Gasteiger partial charge is 0.117 e. The summed E-state index contributed by atoms with van der Waals surface area (Å²) in [4.78, 5) is 2.22. The van der Waals surface area contributed by atoms with Gasteiger partial charge in [-0.1, -0.05) is 6.07 Å². The Balaban J connectivity index is 2.09. The highest BCUT2D eigenvalue weighted by molar-refractivity contribution is 5.56. The standard InChI is InChI=1S/C14H20N4O/c1-3-17(6-7-18-10-12(15)9-16-18)14-8-13(19)5-4-11(14)2/h4-5,8-10,19H,3,6-7,15H2,1-2H3. The molecule has 0 saturated carbocycles. The first-order valence-corrected chi connectivity index (χ1v) is 6.42. The van der Waals surface area contributed by atoms with E-state index in [4.69, 9.17) is 5.73 Å². The summed E-state index contributed by atoms with van der Waals surface area (Å²) in [5.41, 5.74) is 8.53. The molecular formula is C14H20N4O. The Morgan fingerprint density at radius 1 is 1.42 bits per heavy atom. The lowest BCUT2D eigenvalue weighted by atomic mass is 10.1. The number of nitrogen functional groups attached to an aromatic ring is 1. The first kappa shape index (κ1) is 13.3. The van der Waals surface area contributed by atoms with Gasteiger partial charge in [0.25, 0.3) is 0 Å². The van der Waals surface area contributed by atoms with Gasteiger partial charge in [-0.25, -0.2) is 0 Å². The van der Waals surface area contributed by atoms with E-state index in [2.05, 4.69) is 16.9 Å². The molecule has 0 bridgehead atoms. The Labute approximate surface area is 113 Å². The number of hydrogen-bond acceptors (Lipinski definition) is 4. The summed E-state index contributed by atoms with van der Waals surface area (Å²) in [5, 5.41) is 13.8. The number of anilines is 2. The number of aryl methyl sites for hydroxylation is 1. The Morgan fingerprint density at radius 3 is 2.84 bits per heavy atom.